The second-order valence-electron chi connectivity index (χ2n) is 4.10. The van der Waals surface area contributed by atoms with Crippen LogP contribution in [0.3, 0.4) is 0 Å². The van der Waals surface area contributed by atoms with Gasteiger partial charge in [-0.25, -0.2) is 14.6 Å². The van der Waals surface area contributed by atoms with Crippen molar-refractivity contribution in [3.05, 3.63) is 35.0 Å². The number of fused-ring (bicyclic) bond motifs is 1. The molecule has 3 heterocycles. The summed E-state index contributed by atoms with van der Waals surface area (Å²) >= 11 is 3.37. The Labute approximate surface area is 107 Å². The summed E-state index contributed by atoms with van der Waals surface area (Å²) in [6.07, 6.45) is 5.45. The lowest BCUT2D eigenvalue weighted by Crippen LogP contribution is -2.32. The molecule has 88 valence electrons. The molecule has 1 aliphatic rings. The Kier molecular flexibility index (Phi) is 2.80. The van der Waals surface area contributed by atoms with E-state index in [1.807, 2.05) is 16.8 Å². The van der Waals surface area contributed by atoms with Gasteiger partial charge in [0.2, 0.25) is 0 Å². The van der Waals surface area contributed by atoms with Gasteiger partial charge >= 0.3 is 0 Å². The first kappa shape index (κ1) is 10.7. The van der Waals surface area contributed by atoms with E-state index in [1.165, 1.54) is 0 Å². The molecule has 1 atom stereocenters. The zero-order valence-electron chi connectivity index (χ0n) is 9.17. The maximum Gasteiger partial charge on any atom is 0.138 e. The van der Waals surface area contributed by atoms with Gasteiger partial charge in [-0.1, -0.05) is 0 Å². The predicted octanol–water partition coefficient (Wildman–Crippen LogP) is 1.86. The molecule has 1 N–H and O–H groups in total. The zero-order chi connectivity index (χ0) is 11.7. The number of anilines is 1. The van der Waals surface area contributed by atoms with Crippen molar-refractivity contribution in [2.24, 2.45) is 0 Å². The summed E-state index contributed by atoms with van der Waals surface area (Å²) in [4.78, 5) is 8.52. The maximum atomic E-state index is 4.31. The first-order chi connectivity index (χ1) is 8.31. The van der Waals surface area contributed by atoms with Gasteiger partial charge < -0.3 is 5.32 Å². The van der Waals surface area contributed by atoms with Crippen LogP contribution in [-0.2, 0) is 13.0 Å². The normalized spacial score (nSPS) is 18.8. The van der Waals surface area contributed by atoms with Crippen molar-refractivity contribution in [2.75, 3.05) is 5.32 Å². The number of nitrogens with one attached hydrogen (secondary N) is 1. The van der Waals surface area contributed by atoms with Gasteiger partial charge in [-0.05, 0) is 34.5 Å². The van der Waals surface area contributed by atoms with Crippen molar-refractivity contribution in [3.63, 3.8) is 0 Å². The largest absolute Gasteiger partial charge is 0.365 e. The number of aromatic nitrogens is 4. The third-order valence-electron chi connectivity index (χ3n) is 2.88. The van der Waals surface area contributed by atoms with Gasteiger partial charge in [0.1, 0.15) is 18.0 Å². The molecule has 2 aromatic heterocycles. The fourth-order valence-corrected chi connectivity index (χ4v) is 2.26. The van der Waals surface area contributed by atoms with E-state index in [0.717, 1.165) is 35.5 Å². The Morgan fingerprint density at radius 1 is 1.35 bits per heavy atom. The number of aryl methyl sites for hydroxylation is 1. The van der Waals surface area contributed by atoms with E-state index < -0.39 is 0 Å². The van der Waals surface area contributed by atoms with E-state index in [-0.39, 0.29) is 0 Å². The molecule has 0 aliphatic carbocycles. The van der Waals surface area contributed by atoms with E-state index >= 15 is 0 Å². The number of hydrogen-bond acceptors (Lipinski definition) is 4. The van der Waals surface area contributed by atoms with E-state index in [2.05, 4.69) is 36.3 Å². The topological polar surface area (TPSA) is 55.6 Å². The monoisotopic (exact) mass is 293 g/mol. The van der Waals surface area contributed by atoms with E-state index in [4.69, 9.17) is 0 Å². The Morgan fingerprint density at radius 3 is 3.12 bits per heavy atom. The number of hydrogen-bond donors (Lipinski definition) is 1. The zero-order valence-corrected chi connectivity index (χ0v) is 10.8. The Balaban J connectivity index is 1.69. The third-order valence-corrected chi connectivity index (χ3v) is 3.35. The summed E-state index contributed by atoms with van der Waals surface area (Å²) in [6.45, 7) is 0.854. The number of pyridine rings is 1. The molecule has 17 heavy (non-hydrogen) atoms. The fourth-order valence-electron chi connectivity index (χ4n) is 2.03. The quantitative estimate of drug-likeness (QED) is 0.918. The standard InChI is InChI=1S/C11H12BrN5/c12-8-1-3-10(13-5-8)16-9-2-4-11-14-7-15-17(11)6-9/h1,3,5,7,9H,2,4,6H2,(H,13,16). The van der Waals surface area contributed by atoms with Crippen LogP contribution < -0.4 is 5.32 Å². The molecular formula is C11H12BrN5. The van der Waals surface area contributed by atoms with Crippen molar-refractivity contribution >= 4 is 21.7 Å². The summed E-state index contributed by atoms with van der Waals surface area (Å²) < 4.78 is 2.95. The van der Waals surface area contributed by atoms with Crippen molar-refractivity contribution < 1.29 is 0 Å². The highest BCUT2D eigenvalue weighted by molar-refractivity contribution is 9.10. The Morgan fingerprint density at radius 2 is 2.29 bits per heavy atom. The summed E-state index contributed by atoms with van der Waals surface area (Å²) in [6, 6.07) is 4.33. The maximum absolute atomic E-state index is 4.31. The van der Waals surface area contributed by atoms with Crippen LogP contribution in [0.4, 0.5) is 5.82 Å². The smallest absolute Gasteiger partial charge is 0.138 e. The molecule has 0 bridgehead atoms. The fraction of sp³-hybridized carbons (Fsp3) is 0.364. The molecule has 5 nitrogen and oxygen atoms in total. The second-order valence-corrected chi connectivity index (χ2v) is 5.02. The molecule has 3 rings (SSSR count). The Hall–Kier alpha value is -1.43. The lowest BCUT2D eigenvalue weighted by atomic mass is 10.1. The minimum Gasteiger partial charge on any atom is -0.365 e. The average Bonchev–Trinajstić information content (AvgIpc) is 2.79. The highest BCUT2D eigenvalue weighted by Gasteiger charge is 2.19. The van der Waals surface area contributed by atoms with Gasteiger partial charge in [0.05, 0.1) is 6.54 Å². The van der Waals surface area contributed by atoms with Crippen LogP contribution in [0, 0.1) is 0 Å². The second kappa shape index (κ2) is 4.44. The number of rotatable bonds is 2. The van der Waals surface area contributed by atoms with Crippen LogP contribution in [0.15, 0.2) is 29.1 Å². The third kappa shape index (κ3) is 2.31. The minimum atomic E-state index is 0.373. The predicted molar refractivity (Wildman–Crippen MR) is 67.7 cm³/mol. The van der Waals surface area contributed by atoms with Crippen LogP contribution in [0.1, 0.15) is 12.2 Å². The molecule has 0 saturated heterocycles. The van der Waals surface area contributed by atoms with Gasteiger partial charge in [0.15, 0.2) is 0 Å². The van der Waals surface area contributed by atoms with Crippen LogP contribution in [-0.4, -0.2) is 25.8 Å². The summed E-state index contributed by atoms with van der Waals surface area (Å²) in [5.74, 6) is 1.98. The number of halogens is 1. The van der Waals surface area contributed by atoms with Crippen LogP contribution in [0.5, 0.6) is 0 Å². The molecular weight excluding hydrogens is 282 g/mol. The van der Waals surface area contributed by atoms with Crippen molar-refractivity contribution in [3.8, 4) is 0 Å². The number of nitrogens with zero attached hydrogens (tertiary/aromatic N) is 4. The van der Waals surface area contributed by atoms with E-state index in [9.17, 15) is 0 Å². The van der Waals surface area contributed by atoms with Crippen molar-refractivity contribution in [1.82, 2.24) is 19.7 Å². The molecule has 1 aliphatic heterocycles. The summed E-state index contributed by atoms with van der Waals surface area (Å²) in [5, 5.41) is 7.62. The van der Waals surface area contributed by atoms with Crippen molar-refractivity contribution in [1.29, 1.82) is 0 Å². The summed E-state index contributed by atoms with van der Waals surface area (Å²) in [7, 11) is 0. The lowest BCUT2D eigenvalue weighted by molar-refractivity contribution is 0.441. The molecule has 0 fully saturated rings. The Bertz CT molecular complexity index is 507. The molecule has 1 unspecified atom stereocenters. The summed E-state index contributed by atoms with van der Waals surface area (Å²) in [5.41, 5.74) is 0. The first-order valence-corrected chi connectivity index (χ1v) is 6.35. The van der Waals surface area contributed by atoms with Gasteiger partial charge in [0.25, 0.3) is 0 Å². The highest BCUT2D eigenvalue weighted by Crippen LogP contribution is 2.16. The average molecular weight is 294 g/mol. The highest BCUT2D eigenvalue weighted by atomic mass is 79.9. The van der Waals surface area contributed by atoms with Crippen LogP contribution in [0.2, 0.25) is 0 Å². The van der Waals surface area contributed by atoms with Gasteiger partial charge in [-0.2, -0.15) is 5.10 Å². The first-order valence-electron chi connectivity index (χ1n) is 5.56. The molecule has 0 aromatic carbocycles. The molecule has 0 spiro atoms. The van der Waals surface area contributed by atoms with Crippen LogP contribution in [0.25, 0.3) is 0 Å². The van der Waals surface area contributed by atoms with Gasteiger partial charge in [-0.3, -0.25) is 0 Å². The molecule has 0 saturated carbocycles. The van der Waals surface area contributed by atoms with Gasteiger partial charge in [0, 0.05) is 23.1 Å². The van der Waals surface area contributed by atoms with E-state index in [1.54, 1.807) is 12.5 Å². The molecule has 0 radical (unpaired) electrons. The SMILES string of the molecule is Brc1ccc(NC2CCc3ncnn3C2)nc1. The van der Waals surface area contributed by atoms with E-state index in [0.29, 0.717) is 6.04 Å². The van der Waals surface area contributed by atoms with Crippen molar-refractivity contribution in [2.45, 2.75) is 25.4 Å². The molecule has 2 aromatic rings. The molecule has 0 amide bonds. The molecule has 6 heteroatoms. The lowest BCUT2D eigenvalue weighted by Gasteiger charge is -2.23. The van der Waals surface area contributed by atoms with Crippen LogP contribution >= 0.6 is 15.9 Å². The van der Waals surface area contributed by atoms with Gasteiger partial charge in [-0.15, -0.1) is 0 Å². The minimum absolute atomic E-state index is 0.373.